The molecule has 0 aliphatic heterocycles. The second-order valence-corrected chi connectivity index (χ2v) is 4.70. The molecule has 0 amide bonds. The summed E-state index contributed by atoms with van der Waals surface area (Å²) in [4.78, 5) is 4.30. The summed E-state index contributed by atoms with van der Waals surface area (Å²) in [5, 5.41) is 2.10. The Morgan fingerprint density at radius 3 is 2.71 bits per heavy atom. The average molecular weight is 296 g/mol. The monoisotopic (exact) mass is 295 g/mol. The van der Waals surface area contributed by atoms with Gasteiger partial charge in [0.15, 0.2) is 0 Å². The molecule has 0 aliphatic carbocycles. The van der Waals surface area contributed by atoms with Crippen molar-refractivity contribution in [2.24, 2.45) is 0 Å². The van der Waals surface area contributed by atoms with Gasteiger partial charge in [-0.05, 0) is 28.9 Å². The molecule has 2 rings (SSSR count). The molecule has 90 valence electrons. The number of halogens is 1. The Morgan fingerprint density at radius 1 is 1.29 bits per heavy atom. The lowest BCUT2D eigenvalue weighted by Crippen LogP contribution is -2.18. The van der Waals surface area contributed by atoms with Crippen LogP contribution < -0.4 is 4.74 Å². The molecule has 1 atom stereocenters. The number of aromatic nitrogens is 1. The van der Waals surface area contributed by atoms with Gasteiger partial charge < -0.3 is 9.47 Å². The number of benzene rings is 1. The fourth-order valence-electron chi connectivity index (χ4n) is 1.69. The van der Waals surface area contributed by atoms with Crippen LogP contribution in [0.2, 0.25) is 0 Å². The van der Waals surface area contributed by atoms with Crippen LogP contribution in [0.1, 0.15) is 6.92 Å². The lowest BCUT2D eigenvalue weighted by atomic mass is 10.2. The number of pyridine rings is 1. The van der Waals surface area contributed by atoms with E-state index in [1.807, 2.05) is 31.2 Å². The average Bonchev–Trinajstić information content (AvgIpc) is 2.34. The minimum absolute atomic E-state index is 0.0166. The van der Waals surface area contributed by atoms with Gasteiger partial charge in [-0.3, -0.25) is 0 Å². The molecule has 0 N–H and O–H groups in total. The van der Waals surface area contributed by atoms with Gasteiger partial charge in [-0.2, -0.15) is 0 Å². The van der Waals surface area contributed by atoms with E-state index in [1.165, 1.54) is 0 Å². The number of nitrogens with zero attached hydrogens (tertiary/aromatic N) is 1. The summed E-state index contributed by atoms with van der Waals surface area (Å²) in [5.41, 5.74) is 0. The van der Waals surface area contributed by atoms with Crippen molar-refractivity contribution in [1.82, 2.24) is 4.98 Å². The van der Waals surface area contributed by atoms with Gasteiger partial charge in [-0.1, -0.05) is 18.2 Å². The molecule has 0 saturated carbocycles. The Kier molecular flexibility index (Phi) is 3.97. The van der Waals surface area contributed by atoms with Crippen LogP contribution in [-0.4, -0.2) is 24.8 Å². The number of hydrogen-bond acceptors (Lipinski definition) is 3. The van der Waals surface area contributed by atoms with Crippen molar-refractivity contribution in [2.75, 3.05) is 13.7 Å². The van der Waals surface area contributed by atoms with Crippen LogP contribution in [0.25, 0.3) is 10.8 Å². The molecule has 3 nitrogen and oxygen atoms in total. The molecule has 1 aromatic heterocycles. The van der Waals surface area contributed by atoms with Crippen LogP contribution >= 0.6 is 15.9 Å². The normalized spacial score (nSPS) is 12.6. The molecule has 1 heterocycles. The van der Waals surface area contributed by atoms with Crippen molar-refractivity contribution in [3.05, 3.63) is 34.9 Å². The number of ether oxygens (including phenoxy) is 2. The summed E-state index contributed by atoms with van der Waals surface area (Å²) in [7, 11) is 1.66. The standard InChI is InChI=1S/C13H14BrNO2/c1-9(8-16-2)17-13-11-6-4-3-5-10(11)12(14)7-15-13/h3-7,9H,8H2,1-2H3. The van der Waals surface area contributed by atoms with E-state index >= 15 is 0 Å². The highest BCUT2D eigenvalue weighted by Crippen LogP contribution is 2.29. The third-order valence-electron chi connectivity index (χ3n) is 2.42. The number of fused-ring (bicyclic) bond motifs is 1. The minimum atomic E-state index is -0.0166. The molecule has 0 aliphatic rings. The lowest BCUT2D eigenvalue weighted by molar-refractivity contribution is 0.0901. The predicted molar refractivity (Wildman–Crippen MR) is 71.4 cm³/mol. The summed E-state index contributed by atoms with van der Waals surface area (Å²) < 4.78 is 11.8. The molecule has 1 aromatic carbocycles. The summed E-state index contributed by atoms with van der Waals surface area (Å²) in [6.07, 6.45) is 1.74. The quantitative estimate of drug-likeness (QED) is 0.866. The zero-order valence-electron chi connectivity index (χ0n) is 9.81. The van der Waals surface area contributed by atoms with Crippen molar-refractivity contribution >= 4 is 26.7 Å². The van der Waals surface area contributed by atoms with Gasteiger partial charge in [0.25, 0.3) is 0 Å². The van der Waals surface area contributed by atoms with Crippen LogP contribution in [0.5, 0.6) is 5.88 Å². The van der Waals surface area contributed by atoms with E-state index in [4.69, 9.17) is 9.47 Å². The highest BCUT2D eigenvalue weighted by atomic mass is 79.9. The molecule has 4 heteroatoms. The zero-order valence-corrected chi connectivity index (χ0v) is 11.4. The molecule has 0 saturated heterocycles. The smallest absolute Gasteiger partial charge is 0.221 e. The first-order valence-corrected chi connectivity index (χ1v) is 6.20. The van der Waals surface area contributed by atoms with Crippen molar-refractivity contribution in [3.8, 4) is 5.88 Å². The van der Waals surface area contributed by atoms with Crippen LogP contribution in [0.15, 0.2) is 34.9 Å². The maximum Gasteiger partial charge on any atom is 0.221 e. The van der Waals surface area contributed by atoms with E-state index in [9.17, 15) is 0 Å². The van der Waals surface area contributed by atoms with Crippen molar-refractivity contribution < 1.29 is 9.47 Å². The van der Waals surface area contributed by atoms with Crippen LogP contribution in [0, 0.1) is 0 Å². The van der Waals surface area contributed by atoms with Crippen LogP contribution in [0.3, 0.4) is 0 Å². The topological polar surface area (TPSA) is 31.4 Å². The summed E-state index contributed by atoms with van der Waals surface area (Å²) >= 11 is 3.49. The maximum absolute atomic E-state index is 5.77. The van der Waals surface area contributed by atoms with Gasteiger partial charge in [-0.15, -0.1) is 0 Å². The molecular weight excluding hydrogens is 282 g/mol. The number of methoxy groups -OCH3 is 1. The summed E-state index contributed by atoms with van der Waals surface area (Å²) in [5.74, 6) is 0.647. The van der Waals surface area contributed by atoms with Gasteiger partial charge in [0.05, 0.1) is 6.61 Å². The fraction of sp³-hybridized carbons (Fsp3) is 0.308. The Hall–Kier alpha value is -1.13. The molecule has 1 unspecified atom stereocenters. The van der Waals surface area contributed by atoms with E-state index in [1.54, 1.807) is 13.3 Å². The van der Waals surface area contributed by atoms with Gasteiger partial charge in [0, 0.05) is 28.6 Å². The third kappa shape index (κ3) is 2.76. The number of rotatable bonds is 4. The van der Waals surface area contributed by atoms with Crippen molar-refractivity contribution in [2.45, 2.75) is 13.0 Å². The highest BCUT2D eigenvalue weighted by Gasteiger charge is 2.10. The first-order valence-electron chi connectivity index (χ1n) is 5.41. The summed E-state index contributed by atoms with van der Waals surface area (Å²) in [6.45, 7) is 2.51. The fourth-order valence-corrected chi connectivity index (χ4v) is 2.13. The van der Waals surface area contributed by atoms with Gasteiger partial charge in [0.2, 0.25) is 5.88 Å². The van der Waals surface area contributed by atoms with E-state index in [-0.39, 0.29) is 6.10 Å². The molecule has 0 spiro atoms. The van der Waals surface area contributed by atoms with Crippen molar-refractivity contribution in [1.29, 1.82) is 0 Å². The maximum atomic E-state index is 5.77. The lowest BCUT2D eigenvalue weighted by Gasteiger charge is -2.14. The van der Waals surface area contributed by atoms with Gasteiger partial charge in [-0.25, -0.2) is 4.98 Å². The number of hydrogen-bond donors (Lipinski definition) is 0. The molecule has 17 heavy (non-hydrogen) atoms. The van der Waals surface area contributed by atoms with Gasteiger partial charge >= 0.3 is 0 Å². The van der Waals surface area contributed by atoms with Crippen LogP contribution in [0.4, 0.5) is 0 Å². The van der Waals surface area contributed by atoms with E-state index in [0.29, 0.717) is 12.5 Å². The molecule has 2 aromatic rings. The van der Waals surface area contributed by atoms with E-state index in [2.05, 4.69) is 20.9 Å². The highest BCUT2D eigenvalue weighted by molar-refractivity contribution is 9.10. The Balaban J connectivity index is 2.38. The Labute approximate surface area is 109 Å². The zero-order chi connectivity index (χ0) is 12.3. The first kappa shape index (κ1) is 12.3. The summed E-state index contributed by atoms with van der Waals surface area (Å²) in [6, 6.07) is 8.01. The van der Waals surface area contributed by atoms with E-state index < -0.39 is 0 Å². The largest absolute Gasteiger partial charge is 0.472 e. The van der Waals surface area contributed by atoms with Gasteiger partial charge in [0.1, 0.15) is 6.10 Å². The first-order chi connectivity index (χ1) is 8.22. The second-order valence-electron chi connectivity index (χ2n) is 3.84. The molecular formula is C13H14BrNO2. The minimum Gasteiger partial charge on any atom is -0.472 e. The SMILES string of the molecule is COCC(C)Oc1ncc(Br)c2ccccc12. The molecule has 0 fully saturated rings. The van der Waals surface area contributed by atoms with Crippen LogP contribution in [-0.2, 0) is 4.74 Å². The Bertz CT molecular complexity index is 516. The second kappa shape index (κ2) is 5.47. The predicted octanol–water partition coefficient (Wildman–Crippen LogP) is 3.41. The Morgan fingerprint density at radius 2 is 2.00 bits per heavy atom. The van der Waals surface area contributed by atoms with Crippen molar-refractivity contribution in [3.63, 3.8) is 0 Å². The van der Waals surface area contributed by atoms with E-state index in [0.717, 1.165) is 15.2 Å². The third-order valence-corrected chi connectivity index (χ3v) is 3.06. The molecule has 0 radical (unpaired) electrons. The molecule has 0 bridgehead atoms.